The molecular formula is C10H12ClNO3. The molecule has 1 aromatic carbocycles. The van der Waals surface area contributed by atoms with Gasteiger partial charge in [0, 0.05) is 5.02 Å². The van der Waals surface area contributed by atoms with Crippen LogP contribution in [0.3, 0.4) is 0 Å². The van der Waals surface area contributed by atoms with Gasteiger partial charge in [-0.1, -0.05) is 17.7 Å². The first-order valence-electron chi connectivity index (χ1n) is 4.35. The van der Waals surface area contributed by atoms with Crippen LogP contribution in [0.25, 0.3) is 0 Å². The summed E-state index contributed by atoms with van der Waals surface area (Å²) in [7, 11) is 1.28. The van der Waals surface area contributed by atoms with Crippen molar-refractivity contribution < 1.29 is 14.6 Å². The maximum atomic E-state index is 11.1. The summed E-state index contributed by atoms with van der Waals surface area (Å²) >= 11 is 5.85. The molecule has 0 saturated carbocycles. The number of nitrogens with two attached hydrogens (primary N) is 1. The van der Waals surface area contributed by atoms with Gasteiger partial charge in [0.25, 0.3) is 0 Å². The summed E-state index contributed by atoms with van der Waals surface area (Å²) in [6, 6.07) is 3.78. The smallest absolute Gasteiger partial charge is 0.322 e. The van der Waals surface area contributed by atoms with Gasteiger partial charge in [0.2, 0.25) is 0 Å². The molecule has 1 atom stereocenters. The molecule has 3 N–H and O–H groups in total. The van der Waals surface area contributed by atoms with Crippen molar-refractivity contribution in [3.05, 3.63) is 28.8 Å². The second-order valence-corrected chi connectivity index (χ2v) is 3.52. The maximum Gasteiger partial charge on any atom is 0.322 e. The van der Waals surface area contributed by atoms with E-state index in [-0.39, 0.29) is 12.2 Å². The van der Waals surface area contributed by atoms with Crippen molar-refractivity contribution in [3.63, 3.8) is 0 Å². The highest BCUT2D eigenvalue weighted by Gasteiger charge is 2.15. The van der Waals surface area contributed by atoms with Crippen LogP contribution >= 0.6 is 11.6 Å². The molecule has 0 radical (unpaired) electrons. The fraction of sp³-hybridized carbons (Fsp3) is 0.300. The van der Waals surface area contributed by atoms with Crippen LogP contribution in [0, 0.1) is 0 Å². The lowest BCUT2D eigenvalue weighted by atomic mass is 10.1. The van der Waals surface area contributed by atoms with Crippen LogP contribution in [0.15, 0.2) is 18.2 Å². The van der Waals surface area contributed by atoms with Gasteiger partial charge >= 0.3 is 5.97 Å². The molecule has 1 rings (SSSR count). The number of benzene rings is 1. The Morgan fingerprint density at radius 2 is 2.33 bits per heavy atom. The average Bonchev–Trinajstić information content (AvgIpc) is 2.20. The molecule has 4 nitrogen and oxygen atoms in total. The van der Waals surface area contributed by atoms with Gasteiger partial charge < -0.3 is 15.6 Å². The third-order valence-electron chi connectivity index (χ3n) is 1.98. The summed E-state index contributed by atoms with van der Waals surface area (Å²) in [6.07, 6.45) is 0.284. The summed E-state index contributed by atoms with van der Waals surface area (Å²) in [6.45, 7) is 0. The van der Waals surface area contributed by atoms with E-state index in [2.05, 4.69) is 4.74 Å². The maximum absolute atomic E-state index is 11.1. The summed E-state index contributed by atoms with van der Waals surface area (Å²) in [5, 5.41) is 9.50. The van der Waals surface area contributed by atoms with Crippen LogP contribution in [-0.4, -0.2) is 24.2 Å². The second kappa shape index (κ2) is 5.00. The Morgan fingerprint density at radius 3 is 2.87 bits per heavy atom. The summed E-state index contributed by atoms with van der Waals surface area (Å²) < 4.78 is 4.49. The number of ether oxygens (including phenoxy) is 1. The second-order valence-electron chi connectivity index (χ2n) is 3.11. The van der Waals surface area contributed by atoms with Gasteiger partial charge in [0.1, 0.15) is 11.8 Å². The van der Waals surface area contributed by atoms with E-state index in [4.69, 9.17) is 22.4 Å². The average molecular weight is 230 g/mol. The van der Waals surface area contributed by atoms with Crippen molar-refractivity contribution in [2.45, 2.75) is 12.5 Å². The van der Waals surface area contributed by atoms with Crippen LogP contribution in [-0.2, 0) is 16.0 Å². The molecule has 1 aromatic rings. The lowest BCUT2D eigenvalue weighted by Crippen LogP contribution is -2.33. The van der Waals surface area contributed by atoms with Crippen LogP contribution in [0.5, 0.6) is 5.75 Å². The molecular weight excluding hydrogens is 218 g/mol. The van der Waals surface area contributed by atoms with E-state index in [0.717, 1.165) is 0 Å². The minimum absolute atomic E-state index is 0.0791. The van der Waals surface area contributed by atoms with E-state index in [0.29, 0.717) is 10.6 Å². The molecule has 15 heavy (non-hydrogen) atoms. The van der Waals surface area contributed by atoms with Crippen LogP contribution < -0.4 is 5.73 Å². The zero-order chi connectivity index (χ0) is 11.4. The highest BCUT2D eigenvalue weighted by molar-refractivity contribution is 6.31. The minimum Gasteiger partial charge on any atom is -0.508 e. The number of rotatable bonds is 3. The van der Waals surface area contributed by atoms with Gasteiger partial charge in [0.15, 0.2) is 0 Å². The number of halogens is 1. The van der Waals surface area contributed by atoms with Gasteiger partial charge in [0.05, 0.1) is 7.11 Å². The Kier molecular flexibility index (Phi) is 3.94. The van der Waals surface area contributed by atoms with Crippen LogP contribution in [0.2, 0.25) is 5.02 Å². The number of carbonyl (C=O) groups excluding carboxylic acids is 1. The zero-order valence-electron chi connectivity index (χ0n) is 8.24. The Labute approximate surface area is 92.6 Å². The number of esters is 1. The number of phenols is 1. The largest absolute Gasteiger partial charge is 0.508 e. The Morgan fingerprint density at radius 1 is 1.67 bits per heavy atom. The van der Waals surface area contributed by atoms with Crippen LogP contribution in [0.1, 0.15) is 5.56 Å². The predicted octanol–water partition coefficient (Wildman–Crippen LogP) is 1.09. The van der Waals surface area contributed by atoms with Crippen molar-refractivity contribution in [3.8, 4) is 5.75 Å². The molecule has 0 heterocycles. The number of aromatic hydroxyl groups is 1. The lowest BCUT2D eigenvalue weighted by Gasteiger charge is -2.10. The van der Waals surface area contributed by atoms with Crippen molar-refractivity contribution in [1.82, 2.24) is 0 Å². The van der Waals surface area contributed by atoms with Crippen molar-refractivity contribution in [2.24, 2.45) is 5.73 Å². The quantitative estimate of drug-likeness (QED) is 0.761. The number of hydrogen-bond donors (Lipinski definition) is 2. The minimum atomic E-state index is -0.739. The van der Waals surface area contributed by atoms with Crippen molar-refractivity contribution in [2.75, 3.05) is 7.11 Å². The molecule has 0 unspecified atom stereocenters. The first kappa shape index (κ1) is 11.8. The third-order valence-corrected chi connectivity index (χ3v) is 2.33. The topological polar surface area (TPSA) is 72.5 Å². The third kappa shape index (κ3) is 3.11. The highest BCUT2D eigenvalue weighted by Crippen LogP contribution is 2.22. The van der Waals surface area contributed by atoms with E-state index >= 15 is 0 Å². The fourth-order valence-corrected chi connectivity index (χ4v) is 1.43. The highest BCUT2D eigenvalue weighted by atomic mass is 35.5. The van der Waals surface area contributed by atoms with Gasteiger partial charge in [-0.15, -0.1) is 0 Å². The lowest BCUT2D eigenvalue weighted by molar-refractivity contribution is -0.142. The van der Waals surface area contributed by atoms with E-state index in [1.165, 1.54) is 19.2 Å². The van der Waals surface area contributed by atoms with Gasteiger partial charge in [-0.2, -0.15) is 0 Å². The summed E-state index contributed by atoms with van der Waals surface area (Å²) in [5.74, 6) is -0.408. The predicted molar refractivity (Wildman–Crippen MR) is 56.8 cm³/mol. The number of methoxy groups -OCH3 is 1. The number of carbonyl (C=O) groups is 1. The molecule has 0 aliphatic rings. The number of hydrogen-bond acceptors (Lipinski definition) is 4. The number of phenolic OH excluding ortho intramolecular Hbond substituents is 1. The zero-order valence-corrected chi connectivity index (χ0v) is 8.99. The Hall–Kier alpha value is -1.26. The van der Waals surface area contributed by atoms with Gasteiger partial charge in [-0.25, -0.2) is 0 Å². The Bertz CT molecular complexity index is 368. The SMILES string of the molecule is COC(=O)[C@@H](N)Cc1ccc(O)cc1Cl. The summed E-state index contributed by atoms with van der Waals surface area (Å²) in [4.78, 5) is 11.1. The molecule has 0 amide bonds. The Balaban J connectivity index is 2.76. The normalized spacial score (nSPS) is 12.2. The summed E-state index contributed by atoms with van der Waals surface area (Å²) in [5.41, 5.74) is 6.27. The fourth-order valence-electron chi connectivity index (χ4n) is 1.17. The van der Waals surface area contributed by atoms with E-state index in [9.17, 15) is 4.79 Å². The van der Waals surface area contributed by atoms with E-state index < -0.39 is 12.0 Å². The standard InChI is InChI=1S/C10H12ClNO3/c1-15-10(14)9(12)4-6-2-3-7(13)5-8(6)11/h2-3,5,9,13H,4,12H2,1H3/t9-/m0/s1. The molecule has 0 fully saturated rings. The first-order chi connectivity index (χ1) is 7.04. The van der Waals surface area contributed by atoms with Crippen LogP contribution in [0.4, 0.5) is 0 Å². The molecule has 0 spiro atoms. The van der Waals surface area contributed by atoms with Gasteiger partial charge in [-0.3, -0.25) is 4.79 Å². The monoisotopic (exact) mass is 229 g/mol. The molecule has 0 aliphatic heterocycles. The molecule has 0 aromatic heterocycles. The van der Waals surface area contributed by atoms with Gasteiger partial charge in [-0.05, 0) is 24.1 Å². The molecule has 0 saturated heterocycles. The molecule has 82 valence electrons. The first-order valence-corrected chi connectivity index (χ1v) is 4.73. The molecule has 0 aliphatic carbocycles. The molecule has 5 heteroatoms. The van der Waals surface area contributed by atoms with E-state index in [1.807, 2.05) is 0 Å². The van der Waals surface area contributed by atoms with Crippen molar-refractivity contribution >= 4 is 17.6 Å². The van der Waals surface area contributed by atoms with Crippen molar-refractivity contribution in [1.29, 1.82) is 0 Å². The van der Waals surface area contributed by atoms with E-state index in [1.54, 1.807) is 6.07 Å². The molecule has 0 bridgehead atoms.